The first-order valence-electron chi connectivity index (χ1n) is 9.23. The molecule has 1 fully saturated rings. The van der Waals surface area contributed by atoms with Gasteiger partial charge in [0.25, 0.3) is 11.8 Å². The Kier molecular flexibility index (Phi) is 4.79. The Balaban J connectivity index is 1.73. The van der Waals surface area contributed by atoms with E-state index in [1.165, 1.54) is 9.80 Å². The van der Waals surface area contributed by atoms with Gasteiger partial charge in [-0.3, -0.25) is 19.3 Å². The number of hydrogen-bond acceptors (Lipinski definition) is 3. The van der Waals surface area contributed by atoms with Crippen molar-refractivity contribution in [3.63, 3.8) is 0 Å². The molecule has 1 saturated heterocycles. The van der Waals surface area contributed by atoms with E-state index in [2.05, 4.69) is 5.32 Å². The van der Waals surface area contributed by atoms with Crippen molar-refractivity contribution in [3.8, 4) is 0 Å². The molecular weight excluding hydrogens is 413 g/mol. The fraction of sp³-hybridized carbons (Fsp3) is 0.286. The molecule has 150 valence electrons. The molecule has 0 aliphatic carbocycles. The number of nitrogens with zero attached hydrogens (tertiary/aromatic N) is 2. The standard InChI is InChI=1S/C21H19Cl2N3O3/c1-12(14-8-7-13(22)11-16(14)23)24-20(29)21-10-9-18(27)26(21)17-6-4-3-5-15(17)19(28)25(21)2/h3-8,11-12H,9-10H2,1-2H3,(H,24,29)/t12-,21-/m1/s1. The highest BCUT2D eigenvalue weighted by atomic mass is 35.5. The zero-order valence-corrected chi connectivity index (χ0v) is 17.4. The Labute approximate surface area is 178 Å². The molecule has 2 heterocycles. The molecule has 29 heavy (non-hydrogen) atoms. The van der Waals surface area contributed by atoms with Gasteiger partial charge in [-0.2, -0.15) is 0 Å². The fourth-order valence-corrected chi connectivity index (χ4v) is 4.74. The lowest BCUT2D eigenvalue weighted by Crippen LogP contribution is -2.69. The van der Waals surface area contributed by atoms with Crippen molar-refractivity contribution in [1.82, 2.24) is 10.2 Å². The van der Waals surface area contributed by atoms with Crippen LogP contribution in [0, 0.1) is 0 Å². The van der Waals surface area contributed by atoms with Crippen molar-refractivity contribution < 1.29 is 14.4 Å². The zero-order valence-electron chi connectivity index (χ0n) is 15.9. The smallest absolute Gasteiger partial charge is 0.267 e. The van der Waals surface area contributed by atoms with E-state index in [4.69, 9.17) is 23.2 Å². The molecule has 1 N–H and O–H groups in total. The number of fused-ring (bicyclic) bond motifs is 3. The number of hydrogen-bond donors (Lipinski definition) is 1. The van der Waals surface area contributed by atoms with Crippen molar-refractivity contribution in [2.45, 2.75) is 31.5 Å². The Bertz CT molecular complexity index is 1040. The number of amides is 3. The van der Waals surface area contributed by atoms with Crippen LogP contribution in [0.1, 0.15) is 41.7 Å². The quantitative estimate of drug-likeness (QED) is 0.803. The minimum absolute atomic E-state index is 0.176. The van der Waals surface area contributed by atoms with Crippen molar-refractivity contribution >= 4 is 46.6 Å². The first-order valence-corrected chi connectivity index (χ1v) is 9.99. The lowest BCUT2D eigenvalue weighted by molar-refractivity contribution is -0.133. The monoisotopic (exact) mass is 431 g/mol. The number of rotatable bonds is 3. The largest absolute Gasteiger partial charge is 0.346 e. The average Bonchev–Trinajstić information content (AvgIpc) is 3.04. The number of para-hydroxylation sites is 1. The van der Waals surface area contributed by atoms with Gasteiger partial charge < -0.3 is 10.2 Å². The Hall–Kier alpha value is -2.57. The Morgan fingerprint density at radius 2 is 1.90 bits per heavy atom. The van der Waals surface area contributed by atoms with Gasteiger partial charge in [0.15, 0.2) is 0 Å². The summed E-state index contributed by atoms with van der Waals surface area (Å²) in [4.78, 5) is 42.1. The topological polar surface area (TPSA) is 69.7 Å². The van der Waals surface area contributed by atoms with Gasteiger partial charge in [-0.05, 0) is 36.8 Å². The Morgan fingerprint density at radius 3 is 2.62 bits per heavy atom. The average molecular weight is 432 g/mol. The van der Waals surface area contributed by atoms with Crippen molar-refractivity contribution in [2.75, 3.05) is 11.9 Å². The summed E-state index contributed by atoms with van der Waals surface area (Å²) in [5.41, 5.74) is 0.158. The maximum absolute atomic E-state index is 13.5. The zero-order chi connectivity index (χ0) is 20.9. The van der Waals surface area contributed by atoms with Gasteiger partial charge in [0, 0.05) is 29.9 Å². The minimum Gasteiger partial charge on any atom is -0.346 e. The molecular formula is C21H19Cl2N3O3. The molecule has 2 aliphatic rings. The van der Waals surface area contributed by atoms with Crippen LogP contribution in [0.4, 0.5) is 5.69 Å². The van der Waals surface area contributed by atoms with Crippen LogP contribution in [-0.4, -0.2) is 35.3 Å². The number of likely N-dealkylation sites (N-methyl/N-ethyl adjacent to an activating group) is 1. The number of benzene rings is 2. The molecule has 0 saturated carbocycles. The van der Waals surface area contributed by atoms with Gasteiger partial charge in [0.1, 0.15) is 0 Å². The molecule has 8 heteroatoms. The maximum atomic E-state index is 13.5. The van der Waals surface area contributed by atoms with Crippen LogP contribution in [0.15, 0.2) is 42.5 Å². The molecule has 6 nitrogen and oxygen atoms in total. The van der Waals surface area contributed by atoms with Crippen LogP contribution in [-0.2, 0) is 9.59 Å². The minimum atomic E-state index is -1.41. The second-order valence-corrected chi connectivity index (χ2v) is 8.13. The van der Waals surface area contributed by atoms with E-state index < -0.39 is 17.6 Å². The maximum Gasteiger partial charge on any atom is 0.267 e. The number of halogens is 2. The summed E-state index contributed by atoms with van der Waals surface area (Å²) in [6.07, 6.45) is 0.394. The van der Waals surface area contributed by atoms with Crippen LogP contribution < -0.4 is 10.2 Å². The second kappa shape index (κ2) is 7.04. The summed E-state index contributed by atoms with van der Waals surface area (Å²) in [6.45, 7) is 1.80. The van der Waals surface area contributed by atoms with E-state index in [9.17, 15) is 14.4 Å². The number of nitrogens with one attached hydrogen (secondary N) is 1. The highest BCUT2D eigenvalue weighted by molar-refractivity contribution is 6.35. The molecule has 4 rings (SSSR count). The third kappa shape index (κ3) is 2.90. The summed E-state index contributed by atoms with van der Waals surface area (Å²) < 4.78 is 0. The molecule has 2 aromatic rings. The molecule has 3 amide bonds. The summed E-state index contributed by atoms with van der Waals surface area (Å²) >= 11 is 12.2. The highest BCUT2D eigenvalue weighted by Crippen LogP contribution is 2.44. The number of anilines is 1. The molecule has 0 radical (unpaired) electrons. The summed E-state index contributed by atoms with van der Waals surface area (Å²) in [5, 5.41) is 3.87. The molecule has 0 spiro atoms. The van der Waals surface area contributed by atoms with Crippen molar-refractivity contribution in [3.05, 3.63) is 63.6 Å². The summed E-state index contributed by atoms with van der Waals surface area (Å²) in [5.74, 6) is -0.907. The van der Waals surface area contributed by atoms with Gasteiger partial charge in [-0.25, -0.2) is 0 Å². The first kappa shape index (κ1) is 19.7. The molecule has 0 aromatic heterocycles. The van der Waals surface area contributed by atoms with E-state index in [0.717, 1.165) is 0 Å². The van der Waals surface area contributed by atoms with Gasteiger partial charge in [-0.15, -0.1) is 0 Å². The molecule has 0 bridgehead atoms. The molecule has 2 aliphatic heterocycles. The van der Waals surface area contributed by atoms with Crippen LogP contribution in [0.2, 0.25) is 10.0 Å². The predicted molar refractivity (Wildman–Crippen MR) is 111 cm³/mol. The van der Waals surface area contributed by atoms with E-state index >= 15 is 0 Å². The van der Waals surface area contributed by atoms with Crippen molar-refractivity contribution in [2.24, 2.45) is 0 Å². The van der Waals surface area contributed by atoms with Gasteiger partial charge in [-0.1, -0.05) is 41.4 Å². The molecule has 2 atom stereocenters. The second-order valence-electron chi connectivity index (χ2n) is 7.29. The lowest BCUT2D eigenvalue weighted by atomic mass is 9.95. The third-order valence-electron chi connectivity index (χ3n) is 5.68. The highest BCUT2D eigenvalue weighted by Gasteiger charge is 2.59. The molecule has 0 unspecified atom stereocenters. The van der Waals surface area contributed by atoms with E-state index in [0.29, 0.717) is 26.9 Å². The van der Waals surface area contributed by atoms with Crippen LogP contribution in [0.5, 0.6) is 0 Å². The lowest BCUT2D eigenvalue weighted by Gasteiger charge is -2.47. The predicted octanol–water partition coefficient (Wildman–Crippen LogP) is 3.78. The van der Waals surface area contributed by atoms with Gasteiger partial charge in [0.05, 0.1) is 17.3 Å². The third-order valence-corrected chi connectivity index (χ3v) is 6.24. The van der Waals surface area contributed by atoms with Gasteiger partial charge in [0.2, 0.25) is 11.6 Å². The van der Waals surface area contributed by atoms with Crippen LogP contribution in [0.25, 0.3) is 0 Å². The number of carbonyl (C=O) groups excluding carboxylic acids is 3. The molecule has 2 aromatic carbocycles. The normalized spacial score (nSPS) is 21.7. The van der Waals surface area contributed by atoms with Gasteiger partial charge >= 0.3 is 0 Å². The van der Waals surface area contributed by atoms with Crippen LogP contribution in [0.3, 0.4) is 0 Å². The van der Waals surface area contributed by atoms with E-state index in [1.807, 2.05) is 0 Å². The van der Waals surface area contributed by atoms with Crippen LogP contribution >= 0.6 is 23.2 Å². The fourth-order valence-electron chi connectivity index (χ4n) is 4.17. The summed E-state index contributed by atoms with van der Waals surface area (Å²) in [7, 11) is 1.56. The van der Waals surface area contributed by atoms with Crippen molar-refractivity contribution in [1.29, 1.82) is 0 Å². The first-order chi connectivity index (χ1) is 13.8. The Morgan fingerprint density at radius 1 is 1.17 bits per heavy atom. The SMILES string of the molecule is C[C@@H](NC(=O)[C@@]12CCC(=O)N1c1ccccc1C(=O)N2C)c1ccc(Cl)cc1Cl. The van der Waals surface area contributed by atoms with E-state index in [-0.39, 0.29) is 24.7 Å². The number of carbonyl (C=O) groups is 3. The summed E-state index contributed by atoms with van der Waals surface area (Å²) in [6, 6.07) is 11.5. The van der Waals surface area contributed by atoms with E-state index in [1.54, 1.807) is 56.4 Å².